The van der Waals surface area contributed by atoms with Crippen molar-refractivity contribution in [2.75, 3.05) is 29.4 Å². The van der Waals surface area contributed by atoms with Crippen LogP contribution in [0.25, 0.3) is 0 Å². The van der Waals surface area contributed by atoms with Crippen molar-refractivity contribution < 1.29 is 4.79 Å². The van der Waals surface area contributed by atoms with Gasteiger partial charge in [-0.15, -0.1) is 0 Å². The van der Waals surface area contributed by atoms with Gasteiger partial charge in [0.05, 0.1) is 6.54 Å². The van der Waals surface area contributed by atoms with Crippen molar-refractivity contribution in [3.8, 4) is 0 Å². The number of fused-ring (bicyclic) bond motifs is 2. The molecular formula is C20H22N2O. The molecule has 0 aromatic heterocycles. The summed E-state index contributed by atoms with van der Waals surface area (Å²) >= 11 is 0. The van der Waals surface area contributed by atoms with Gasteiger partial charge in [-0.25, -0.2) is 0 Å². The first-order valence-corrected chi connectivity index (χ1v) is 8.54. The monoisotopic (exact) mass is 306 g/mol. The summed E-state index contributed by atoms with van der Waals surface area (Å²) in [4.78, 5) is 17.2. The number of benzene rings is 2. The number of para-hydroxylation sites is 2. The van der Waals surface area contributed by atoms with Crippen LogP contribution in [0, 0.1) is 0 Å². The molecule has 23 heavy (non-hydrogen) atoms. The molecule has 0 atom stereocenters. The Kier molecular flexibility index (Phi) is 3.78. The largest absolute Gasteiger partial charge is 0.362 e. The van der Waals surface area contributed by atoms with Crippen molar-refractivity contribution in [2.45, 2.75) is 25.7 Å². The van der Waals surface area contributed by atoms with E-state index in [9.17, 15) is 4.79 Å². The van der Waals surface area contributed by atoms with E-state index in [0.717, 1.165) is 44.5 Å². The lowest BCUT2D eigenvalue weighted by molar-refractivity contribution is -0.117. The second kappa shape index (κ2) is 6.07. The van der Waals surface area contributed by atoms with Crippen molar-refractivity contribution in [1.82, 2.24) is 0 Å². The van der Waals surface area contributed by atoms with E-state index in [1.54, 1.807) is 0 Å². The summed E-state index contributed by atoms with van der Waals surface area (Å²) in [6.45, 7) is 2.29. The summed E-state index contributed by atoms with van der Waals surface area (Å²) in [6.07, 6.45) is 4.38. The van der Waals surface area contributed by atoms with Crippen molar-refractivity contribution in [3.05, 3.63) is 59.7 Å². The summed E-state index contributed by atoms with van der Waals surface area (Å²) in [5.74, 6) is 0.217. The molecule has 2 aromatic rings. The van der Waals surface area contributed by atoms with E-state index in [1.165, 1.54) is 16.8 Å². The lowest BCUT2D eigenvalue weighted by Crippen LogP contribution is -2.44. The van der Waals surface area contributed by atoms with E-state index >= 15 is 0 Å². The summed E-state index contributed by atoms with van der Waals surface area (Å²) in [5.41, 5.74) is 5.00. The van der Waals surface area contributed by atoms with Gasteiger partial charge in [-0.05, 0) is 48.9 Å². The van der Waals surface area contributed by atoms with E-state index in [4.69, 9.17) is 0 Å². The molecule has 0 radical (unpaired) electrons. The Morgan fingerprint density at radius 3 is 2.22 bits per heavy atom. The Hall–Kier alpha value is -2.29. The summed E-state index contributed by atoms with van der Waals surface area (Å²) in [5, 5.41) is 0. The minimum absolute atomic E-state index is 0.217. The molecule has 2 aliphatic rings. The van der Waals surface area contributed by atoms with E-state index in [0.29, 0.717) is 6.54 Å². The van der Waals surface area contributed by atoms with Gasteiger partial charge in [-0.2, -0.15) is 0 Å². The van der Waals surface area contributed by atoms with Crippen molar-refractivity contribution in [3.63, 3.8) is 0 Å². The minimum atomic E-state index is 0.217. The van der Waals surface area contributed by atoms with Gasteiger partial charge in [0.25, 0.3) is 0 Å². The first kappa shape index (κ1) is 14.3. The smallest absolute Gasteiger partial charge is 0.246 e. The van der Waals surface area contributed by atoms with Gasteiger partial charge in [0, 0.05) is 24.5 Å². The number of anilines is 2. The maximum absolute atomic E-state index is 12.9. The molecule has 3 nitrogen and oxygen atoms in total. The Labute approximate surface area is 137 Å². The zero-order valence-corrected chi connectivity index (χ0v) is 13.4. The van der Waals surface area contributed by atoms with Crippen LogP contribution < -0.4 is 9.80 Å². The van der Waals surface area contributed by atoms with Crippen LogP contribution >= 0.6 is 0 Å². The Morgan fingerprint density at radius 2 is 1.43 bits per heavy atom. The van der Waals surface area contributed by atoms with E-state index in [-0.39, 0.29) is 5.91 Å². The first-order chi connectivity index (χ1) is 11.3. The molecule has 3 heteroatoms. The fraction of sp³-hybridized carbons (Fsp3) is 0.350. The van der Waals surface area contributed by atoms with Crippen LogP contribution in [0.3, 0.4) is 0 Å². The highest BCUT2D eigenvalue weighted by atomic mass is 16.2. The van der Waals surface area contributed by atoms with Crippen LogP contribution in [0.4, 0.5) is 11.4 Å². The molecule has 2 heterocycles. The average Bonchev–Trinajstić information content (AvgIpc) is 2.61. The SMILES string of the molecule is O=C(CN1CCCc2ccccc21)N1CCCc2ccccc21. The molecular weight excluding hydrogens is 284 g/mol. The van der Waals surface area contributed by atoms with Crippen LogP contribution in [-0.2, 0) is 17.6 Å². The summed E-state index contributed by atoms with van der Waals surface area (Å²) in [7, 11) is 0. The Morgan fingerprint density at radius 1 is 0.826 bits per heavy atom. The number of hydrogen-bond donors (Lipinski definition) is 0. The Balaban J connectivity index is 1.56. The van der Waals surface area contributed by atoms with Gasteiger partial charge in [-0.1, -0.05) is 36.4 Å². The third-order valence-electron chi connectivity index (χ3n) is 4.94. The van der Waals surface area contributed by atoms with Crippen LogP contribution in [0.15, 0.2) is 48.5 Å². The number of amides is 1. The fourth-order valence-corrected chi connectivity index (χ4v) is 3.82. The lowest BCUT2D eigenvalue weighted by Gasteiger charge is -2.35. The highest BCUT2D eigenvalue weighted by Crippen LogP contribution is 2.29. The van der Waals surface area contributed by atoms with E-state index < -0.39 is 0 Å². The van der Waals surface area contributed by atoms with Crippen molar-refractivity contribution in [2.24, 2.45) is 0 Å². The van der Waals surface area contributed by atoms with Crippen LogP contribution in [0.5, 0.6) is 0 Å². The third-order valence-corrected chi connectivity index (χ3v) is 4.94. The number of nitrogens with zero attached hydrogens (tertiary/aromatic N) is 2. The standard InChI is InChI=1S/C20H22N2O/c23-20(22-14-6-10-17-8-2-4-12-19(17)22)15-21-13-5-9-16-7-1-3-11-18(16)21/h1-4,7-8,11-12H,5-6,9-10,13-15H2. The molecule has 0 aliphatic carbocycles. The molecule has 0 saturated carbocycles. The lowest BCUT2D eigenvalue weighted by atomic mass is 10.0. The van der Waals surface area contributed by atoms with Gasteiger partial charge in [-0.3, -0.25) is 4.79 Å². The first-order valence-electron chi connectivity index (χ1n) is 8.54. The number of carbonyl (C=O) groups excluding carboxylic acids is 1. The molecule has 0 fully saturated rings. The van der Waals surface area contributed by atoms with Gasteiger partial charge >= 0.3 is 0 Å². The number of rotatable bonds is 2. The normalized spacial score (nSPS) is 16.7. The maximum atomic E-state index is 12.9. The Bertz CT molecular complexity index is 725. The molecule has 0 unspecified atom stereocenters. The highest BCUT2D eigenvalue weighted by Gasteiger charge is 2.25. The molecule has 0 bridgehead atoms. The quantitative estimate of drug-likeness (QED) is 0.849. The molecule has 0 saturated heterocycles. The highest BCUT2D eigenvalue weighted by molar-refractivity contribution is 5.97. The van der Waals surface area contributed by atoms with Gasteiger partial charge in [0.1, 0.15) is 0 Å². The average molecular weight is 306 g/mol. The summed E-state index contributed by atoms with van der Waals surface area (Å²) in [6, 6.07) is 16.8. The van der Waals surface area contributed by atoms with E-state index in [1.807, 2.05) is 11.0 Å². The third kappa shape index (κ3) is 2.72. The fourth-order valence-electron chi connectivity index (χ4n) is 3.82. The van der Waals surface area contributed by atoms with E-state index in [2.05, 4.69) is 47.4 Å². The molecule has 0 N–H and O–H groups in total. The number of hydrogen-bond acceptors (Lipinski definition) is 2. The van der Waals surface area contributed by atoms with Crippen LogP contribution in [-0.4, -0.2) is 25.5 Å². The summed E-state index contributed by atoms with van der Waals surface area (Å²) < 4.78 is 0. The zero-order chi connectivity index (χ0) is 15.6. The molecule has 2 aromatic carbocycles. The van der Waals surface area contributed by atoms with Crippen molar-refractivity contribution in [1.29, 1.82) is 0 Å². The molecule has 2 aliphatic heterocycles. The topological polar surface area (TPSA) is 23.6 Å². The second-order valence-corrected chi connectivity index (χ2v) is 6.43. The zero-order valence-electron chi connectivity index (χ0n) is 13.4. The van der Waals surface area contributed by atoms with Gasteiger partial charge < -0.3 is 9.80 Å². The number of carbonyl (C=O) groups is 1. The molecule has 0 spiro atoms. The minimum Gasteiger partial charge on any atom is -0.362 e. The van der Waals surface area contributed by atoms with Crippen LogP contribution in [0.2, 0.25) is 0 Å². The molecule has 4 rings (SSSR count). The van der Waals surface area contributed by atoms with Crippen molar-refractivity contribution >= 4 is 17.3 Å². The number of aryl methyl sites for hydroxylation is 2. The predicted molar refractivity (Wildman–Crippen MR) is 94.1 cm³/mol. The molecule has 118 valence electrons. The van der Waals surface area contributed by atoms with Crippen LogP contribution in [0.1, 0.15) is 24.0 Å². The predicted octanol–water partition coefficient (Wildman–Crippen LogP) is 3.42. The second-order valence-electron chi connectivity index (χ2n) is 6.43. The maximum Gasteiger partial charge on any atom is 0.246 e. The van der Waals surface area contributed by atoms with Gasteiger partial charge in [0.15, 0.2) is 0 Å². The molecule has 1 amide bonds. The van der Waals surface area contributed by atoms with Gasteiger partial charge in [0.2, 0.25) is 5.91 Å².